The van der Waals surface area contributed by atoms with Crippen LogP contribution < -0.4 is 5.73 Å². The summed E-state index contributed by atoms with van der Waals surface area (Å²) in [6.07, 6.45) is 3.19. The van der Waals surface area contributed by atoms with Crippen LogP contribution in [0.25, 0.3) is 0 Å². The van der Waals surface area contributed by atoms with Crippen LogP contribution in [0, 0.1) is 0 Å². The number of nitrogens with zero attached hydrogens (tertiary/aromatic N) is 2. The number of sulfonamides is 1. The number of hydrogen-bond acceptors (Lipinski definition) is 4. The minimum Gasteiger partial charge on any atom is -0.389 e. The Labute approximate surface area is 133 Å². The number of H-pyrrole nitrogens is 1. The van der Waals surface area contributed by atoms with Crippen LogP contribution in [0.4, 0.5) is 0 Å². The van der Waals surface area contributed by atoms with E-state index in [1.54, 1.807) is 12.4 Å². The molecule has 0 atom stereocenters. The van der Waals surface area contributed by atoms with Gasteiger partial charge in [0.15, 0.2) is 0 Å². The zero-order valence-electron chi connectivity index (χ0n) is 11.1. The predicted molar refractivity (Wildman–Crippen MR) is 84.6 cm³/mol. The molecule has 21 heavy (non-hydrogen) atoms. The molecular weight excluding hydrogens is 332 g/mol. The van der Waals surface area contributed by atoms with Crippen molar-refractivity contribution in [1.29, 1.82) is 0 Å². The Morgan fingerprint density at radius 1 is 1.52 bits per heavy atom. The molecule has 0 spiro atoms. The molecule has 0 saturated carbocycles. The number of benzene rings is 1. The van der Waals surface area contributed by atoms with Gasteiger partial charge in [-0.25, -0.2) is 13.4 Å². The molecule has 2 aromatic rings. The summed E-state index contributed by atoms with van der Waals surface area (Å²) < 4.78 is 26.1. The van der Waals surface area contributed by atoms with Crippen LogP contribution >= 0.6 is 23.8 Å². The van der Waals surface area contributed by atoms with E-state index >= 15 is 0 Å². The Hall–Kier alpha value is -1.48. The molecule has 1 aromatic carbocycles. The summed E-state index contributed by atoms with van der Waals surface area (Å²) in [5.41, 5.74) is 5.94. The van der Waals surface area contributed by atoms with Crippen LogP contribution in [0.2, 0.25) is 5.02 Å². The molecule has 6 nitrogen and oxygen atoms in total. The number of hydrogen-bond donors (Lipinski definition) is 2. The highest BCUT2D eigenvalue weighted by molar-refractivity contribution is 7.89. The number of thiocarbonyl (C=S) groups is 1. The van der Waals surface area contributed by atoms with Gasteiger partial charge in [-0.2, -0.15) is 4.31 Å². The molecule has 0 amide bonds. The average molecular weight is 345 g/mol. The molecule has 0 radical (unpaired) electrons. The largest absolute Gasteiger partial charge is 0.389 e. The topological polar surface area (TPSA) is 92.1 Å². The van der Waals surface area contributed by atoms with Crippen molar-refractivity contribution < 1.29 is 8.42 Å². The van der Waals surface area contributed by atoms with Crippen LogP contribution in [0.3, 0.4) is 0 Å². The summed E-state index contributed by atoms with van der Waals surface area (Å²) in [5.74, 6) is 0.548. The first kappa shape index (κ1) is 15.9. The maximum atomic E-state index is 12.5. The maximum Gasteiger partial charge on any atom is 0.243 e. The van der Waals surface area contributed by atoms with Gasteiger partial charge in [0.2, 0.25) is 10.0 Å². The Balaban J connectivity index is 2.31. The SMILES string of the molecule is CN(Cc1ncc[nH]1)S(=O)(=O)c1ccc(C(N)=S)c(Cl)c1. The van der Waals surface area contributed by atoms with E-state index in [1.165, 1.54) is 29.6 Å². The fourth-order valence-corrected chi connectivity index (χ4v) is 3.46. The van der Waals surface area contributed by atoms with Gasteiger partial charge in [-0.3, -0.25) is 0 Å². The number of nitrogens with one attached hydrogen (secondary N) is 1. The monoisotopic (exact) mass is 344 g/mol. The molecule has 0 unspecified atom stereocenters. The van der Waals surface area contributed by atoms with Crippen molar-refractivity contribution in [2.24, 2.45) is 5.73 Å². The van der Waals surface area contributed by atoms with Crippen molar-refractivity contribution in [1.82, 2.24) is 14.3 Å². The van der Waals surface area contributed by atoms with Gasteiger partial charge in [0.1, 0.15) is 10.8 Å². The first-order valence-corrected chi connectivity index (χ1v) is 8.09. The van der Waals surface area contributed by atoms with E-state index in [1.807, 2.05) is 0 Å². The van der Waals surface area contributed by atoms with E-state index in [-0.39, 0.29) is 21.5 Å². The number of nitrogens with two attached hydrogens (primary N) is 1. The van der Waals surface area contributed by atoms with Gasteiger partial charge in [0.05, 0.1) is 16.5 Å². The lowest BCUT2D eigenvalue weighted by molar-refractivity contribution is 0.458. The molecule has 0 aliphatic carbocycles. The van der Waals surface area contributed by atoms with E-state index in [2.05, 4.69) is 9.97 Å². The smallest absolute Gasteiger partial charge is 0.243 e. The normalized spacial score (nSPS) is 11.8. The lowest BCUT2D eigenvalue weighted by atomic mass is 10.2. The third-order valence-corrected chi connectivity index (χ3v) is 5.17. The molecule has 2 rings (SSSR count). The number of imidazole rings is 1. The second-order valence-corrected chi connectivity index (χ2v) is 7.19. The average Bonchev–Trinajstić information content (AvgIpc) is 2.90. The summed E-state index contributed by atoms with van der Waals surface area (Å²) in [6, 6.07) is 4.26. The van der Waals surface area contributed by atoms with Crippen LogP contribution in [-0.4, -0.2) is 34.7 Å². The molecule has 0 fully saturated rings. The van der Waals surface area contributed by atoms with Gasteiger partial charge in [0.25, 0.3) is 0 Å². The molecule has 1 aromatic heterocycles. The van der Waals surface area contributed by atoms with Crippen LogP contribution in [0.5, 0.6) is 0 Å². The predicted octanol–water partition coefficient (Wildman–Crippen LogP) is 1.52. The number of rotatable bonds is 5. The highest BCUT2D eigenvalue weighted by atomic mass is 35.5. The minimum absolute atomic E-state index is 0.0709. The van der Waals surface area contributed by atoms with Crippen LogP contribution in [0.1, 0.15) is 11.4 Å². The maximum absolute atomic E-state index is 12.5. The zero-order chi connectivity index (χ0) is 15.6. The highest BCUT2D eigenvalue weighted by Crippen LogP contribution is 2.23. The molecule has 0 aliphatic rings. The molecular formula is C12H13ClN4O2S2. The van der Waals surface area contributed by atoms with Gasteiger partial charge in [-0.15, -0.1) is 0 Å². The van der Waals surface area contributed by atoms with Crippen molar-refractivity contribution in [2.75, 3.05) is 7.05 Å². The van der Waals surface area contributed by atoms with Crippen molar-refractivity contribution >= 4 is 38.8 Å². The Kier molecular flexibility index (Phi) is 4.62. The third kappa shape index (κ3) is 3.41. The lowest BCUT2D eigenvalue weighted by Crippen LogP contribution is -2.27. The third-order valence-electron chi connectivity index (χ3n) is 2.84. The van der Waals surface area contributed by atoms with E-state index in [0.29, 0.717) is 11.4 Å². The van der Waals surface area contributed by atoms with Crippen LogP contribution in [0.15, 0.2) is 35.5 Å². The zero-order valence-corrected chi connectivity index (χ0v) is 13.5. The number of aromatic nitrogens is 2. The summed E-state index contributed by atoms with van der Waals surface area (Å²) in [7, 11) is -2.21. The number of aromatic amines is 1. The molecule has 3 N–H and O–H groups in total. The van der Waals surface area contributed by atoms with E-state index in [4.69, 9.17) is 29.6 Å². The molecule has 112 valence electrons. The van der Waals surface area contributed by atoms with Gasteiger partial charge in [-0.1, -0.05) is 23.8 Å². The van der Waals surface area contributed by atoms with Crippen molar-refractivity contribution in [3.8, 4) is 0 Å². The molecule has 0 aliphatic heterocycles. The summed E-state index contributed by atoms with van der Waals surface area (Å²) in [5, 5.41) is 0.204. The quantitative estimate of drug-likeness (QED) is 0.802. The minimum atomic E-state index is -3.68. The summed E-state index contributed by atoms with van der Waals surface area (Å²) >= 11 is 10.8. The van der Waals surface area contributed by atoms with E-state index < -0.39 is 10.0 Å². The summed E-state index contributed by atoms with van der Waals surface area (Å²) in [4.78, 5) is 7.04. The molecule has 9 heteroatoms. The van der Waals surface area contributed by atoms with Gasteiger partial charge >= 0.3 is 0 Å². The van der Waals surface area contributed by atoms with Crippen molar-refractivity contribution in [3.63, 3.8) is 0 Å². The standard InChI is InChI=1S/C12H13ClN4O2S2/c1-17(7-11-15-4-5-16-11)21(18,19)8-2-3-9(12(14)20)10(13)6-8/h2-6H,7H2,1H3,(H2,14,20)(H,15,16). The van der Waals surface area contributed by atoms with E-state index in [0.717, 1.165) is 0 Å². The highest BCUT2D eigenvalue weighted by Gasteiger charge is 2.22. The Morgan fingerprint density at radius 2 is 2.24 bits per heavy atom. The van der Waals surface area contributed by atoms with E-state index in [9.17, 15) is 8.42 Å². The van der Waals surface area contributed by atoms with Crippen LogP contribution in [-0.2, 0) is 16.6 Å². The Morgan fingerprint density at radius 3 is 2.76 bits per heavy atom. The van der Waals surface area contributed by atoms with Gasteiger partial charge < -0.3 is 10.7 Å². The molecule has 0 bridgehead atoms. The fourth-order valence-electron chi connectivity index (χ4n) is 1.72. The fraction of sp³-hybridized carbons (Fsp3) is 0.167. The van der Waals surface area contributed by atoms with Crippen molar-refractivity contribution in [3.05, 3.63) is 47.0 Å². The summed E-state index contributed by atoms with van der Waals surface area (Å²) in [6.45, 7) is 0.129. The van der Waals surface area contributed by atoms with Gasteiger partial charge in [0, 0.05) is 25.0 Å². The number of halogens is 1. The first-order valence-electron chi connectivity index (χ1n) is 5.86. The lowest BCUT2D eigenvalue weighted by Gasteiger charge is -2.16. The second-order valence-electron chi connectivity index (χ2n) is 4.30. The van der Waals surface area contributed by atoms with Crippen molar-refractivity contribution in [2.45, 2.75) is 11.4 Å². The molecule has 0 saturated heterocycles. The second kappa shape index (κ2) is 6.10. The van der Waals surface area contributed by atoms with Gasteiger partial charge in [-0.05, 0) is 18.2 Å². The Bertz CT molecular complexity index is 760. The molecule has 1 heterocycles. The first-order chi connectivity index (χ1) is 9.82.